The number of hydrogen-bond donors (Lipinski definition) is 0. The first-order chi connectivity index (χ1) is 11.5. The smallest absolute Gasteiger partial charge is 0.0245 e. The van der Waals surface area contributed by atoms with Crippen molar-refractivity contribution in [2.24, 2.45) is 17.8 Å². The lowest BCUT2D eigenvalue weighted by molar-refractivity contribution is -0.0958. The fraction of sp³-hybridized carbons (Fsp3) is 1.00. The van der Waals surface area contributed by atoms with Crippen molar-refractivity contribution in [2.75, 3.05) is 0 Å². The van der Waals surface area contributed by atoms with Crippen LogP contribution in [-0.2, 0) is 0 Å². The molecule has 0 bridgehead atoms. The Morgan fingerprint density at radius 3 is 1.72 bits per heavy atom. The van der Waals surface area contributed by atoms with Gasteiger partial charge in [-0.15, -0.1) is 0 Å². The van der Waals surface area contributed by atoms with Gasteiger partial charge in [-0.3, -0.25) is 4.90 Å². The maximum absolute atomic E-state index is 3.01. The molecular formula is C24H51N. The molecule has 0 spiro atoms. The van der Waals surface area contributed by atoms with Gasteiger partial charge in [-0.25, -0.2) is 0 Å². The average Bonchev–Trinajstić information content (AvgIpc) is 2.48. The van der Waals surface area contributed by atoms with Crippen LogP contribution in [0.25, 0.3) is 0 Å². The van der Waals surface area contributed by atoms with Gasteiger partial charge in [-0.1, -0.05) is 81.1 Å². The van der Waals surface area contributed by atoms with Crippen LogP contribution >= 0.6 is 0 Å². The van der Waals surface area contributed by atoms with Crippen LogP contribution in [0.5, 0.6) is 0 Å². The van der Waals surface area contributed by atoms with Crippen molar-refractivity contribution in [3.63, 3.8) is 0 Å². The third-order valence-electron chi connectivity index (χ3n) is 6.14. The number of hydrogen-bond acceptors (Lipinski definition) is 1. The molecule has 0 fully saturated rings. The molecule has 0 aromatic heterocycles. The molecule has 3 unspecified atom stereocenters. The van der Waals surface area contributed by atoms with Crippen molar-refractivity contribution in [1.29, 1.82) is 0 Å². The summed E-state index contributed by atoms with van der Waals surface area (Å²) in [6.07, 6.45) is 9.20. The molecule has 0 saturated heterocycles. The van der Waals surface area contributed by atoms with Gasteiger partial charge in [0.2, 0.25) is 0 Å². The Morgan fingerprint density at radius 1 is 0.840 bits per heavy atom. The van der Waals surface area contributed by atoms with E-state index in [0.29, 0.717) is 17.5 Å². The first-order valence-corrected chi connectivity index (χ1v) is 11.3. The lowest BCUT2D eigenvalue weighted by Gasteiger charge is -2.59. The zero-order valence-electron chi connectivity index (χ0n) is 19.7. The van der Waals surface area contributed by atoms with E-state index >= 15 is 0 Å². The Morgan fingerprint density at radius 2 is 1.40 bits per heavy atom. The van der Waals surface area contributed by atoms with Crippen molar-refractivity contribution in [3.8, 4) is 0 Å². The monoisotopic (exact) mass is 353 g/mol. The molecule has 152 valence electrons. The van der Waals surface area contributed by atoms with Gasteiger partial charge in [-0.2, -0.15) is 0 Å². The highest BCUT2D eigenvalue weighted by molar-refractivity contribution is 5.03. The molecule has 0 aromatic rings. The second kappa shape index (κ2) is 11.0. The fourth-order valence-electron chi connectivity index (χ4n) is 5.13. The average molecular weight is 354 g/mol. The summed E-state index contributed by atoms with van der Waals surface area (Å²) in [5.41, 5.74) is 0.525. The summed E-state index contributed by atoms with van der Waals surface area (Å²) in [6, 6.07) is 0.676. The van der Waals surface area contributed by atoms with Gasteiger partial charge in [0, 0.05) is 17.1 Å². The largest absolute Gasteiger partial charge is 0.289 e. The summed E-state index contributed by atoms with van der Waals surface area (Å²) in [5.74, 6) is 2.18. The summed E-state index contributed by atoms with van der Waals surface area (Å²) in [4.78, 5) is 3.01. The van der Waals surface area contributed by atoms with E-state index in [1.54, 1.807) is 0 Å². The maximum Gasteiger partial charge on any atom is 0.0245 e. The van der Waals surface area contributed by atoms with E-state index in [-0.39, 0.29) is 5.54 Å². The normalized spacial score (nSPS) is 18.0. The quantitative estimate of drug-likeness (QED) is 0.344. The minimum absolute atomic E-state index is 0.205. The van der Waals surface area contributed by atoms with Crippen molar-refractivity contribution in [1.82, 2.24) is 4.90 Å². The van der Waals surface area contributed by atoms with Gasteiger partial charge < -0.3 is 0 Å². The minimum Gasteiger partial charge on any atom is -0.289 e. The highest BCUT2D eigenvalue weighted by Gasteiger charge is 2.48. The molecule has 0 saturated carbocycles. The van der Waals surface area contributed by atoms with Gasteiger partial charge in [0.25, 0.3) is 0 Å². The Balaban J connectivity index is 6.36. The molecule has 3 atom stereocenters. The minimum atomic E-state index is 0.205. The van der Waals surface area contributed by atoms with Crippen LogP contribution in [0.4, 0.5) is 0 Å². The van der Waals surface area contributed by atoms with E-state index < -0.39 is 0 Å². The number of nitrogens with zero attached hydrogens (tertiary/aromatic N) is 1. The van der Waals surface area contributed by atoms with Gasteiger partial charge in [0.15, 0.2) is 0 Å². The standard InChI is InChI=1S/C24H51N/c1-12-15-17-24(18-19(4)5,21(8)14-3)25(23(9,10)11)22(16-13-2)20(6)7/h19-22H,12-18H2,1-11H3. The van der Waals surface area contributed by atoms with Crippen LogP contribution in [0.1, 0.15) is 121 Å². The molecule has 0 N–H and O–H groups in total. The Kier molecular flexibility index (Phi) is 10.9. The molecular weight excluding hydrogens is 302 g/mol. The van der Waals surface area contributed by atoms with E-state index in [4.69, 9.17) is 0 Å². The molecule has 0 rings (SSSR count). The Labute approximate surface area is 161 Å². The van der Waals surface area contributed by atoms with E-state index in [0.717, 1.165) is 11.8 Å². The molecule has 1 nitrogen and oxygen atoms in total. The number of rotatable bonds is 12. The fourth-order valence-corrected chi connectivity index (χ4v) is 5.13. The molecule has 0 heterocycles. The molecule has 1 heteroatoms. The van der Waals surface area contributed by atoms with Gasteiger partial charge in [-0.05, 0) is 57.8 Å². The maximum atomic E-state index is 3.01. The molecule has 25 heavy (non-hydrogen) atoms. The first-order valence-electron chi connectivity index (χ1n) is 11.3. The Hall–Kier alpha value is -0.0400. The lowest BCUT2D eigenvalue weighted by atomic mass is 9.69. The lowest BCUT2D eigenvalue weighted by Crippen LogP contribution is -2.65. The van der Waals surface area contributed by atoms with Gasteiger partial charge in [0.1, 0.15) is 0 Å². The molecule has 0 aliphatic heterocycles. The SMILES string of the molecule is CCCCC(CC(C)C)(C(C)CC)N(C(CCC)C(C)C)C(C)(C)C. The Bertz CT molecular complexity index is 338. The van der Waals surface area contributed by atoms with Gasteiger partial charge in [0.05, 0.1) is 0 Å². The molecule has 0 aromatic carbocycles. The van der Waals surface area contributed by atoms with Crippen LogP contribution in [0, 0.1) is 17.8 Å². The topological polar surface area (TPSA) is 3.24 Å². The third-order valence-corrected chi connectivity index (χ3v) is 6.14. The van der Waals surface area contributed by atoms with Crippen molar-refractivity contribution < 1.29 is 0 Å². The molecule has 0 aliphatic carbocycles. The van der Waals surface area contributed by atoms with Crippen LogP contribution in [0.15, 0.2) is 0 Å². The summed E-state index contributed by atoms with van der Waals surface area (Å²) >= 11 is 0. The van der Waals surface area contributed by atoms with Crippen molar-refractivity contribution in [2.45, 2.75) is 138 Å². The first kappa shape index (κ1) is 25.0. The van der Waals surface area contributed by atoms with Crippen LogP contribution in [0.2, 0.25) is 0 Å². The molecule has 0 aliphatic rings. The molecule has 0 radical (unpaired) electrons. The zero-order chi connectivity index (χ0) is 19.8. The van der Waals surface area contributed by atoms with E-state index in [1.165, 1.54) is 44.9 Å². The highest BCUT2D eigenvalue weighted by atomic mass is 15.3. The van der Waals surface area contributed by atoms with Gasteiger partial charge >= 0.3 is 0 Å². The van der Waals surface area contributed by atoms with Crippen LogP contribution in [0.3, 0.4) is 0 Å². The predicted molar refractivity (Wildman–Crippen MR) is 116 cm³/mol. The van der Waals surface area contributed by atoms with Crippen LogP contribution in [-0.4, -0.2) is 22.0 Å². The van der Waals surface area contributed by atoms with E-state index in [1.807, 2.05) is 0 Å². The second-order valence-corrected chi connectivity index (χ2v) is 10.3. The zero-order valence-corrected chi connectivity index (χ0v) is 19.7. The van der Waals surface area contributed by atoms with Crippen LogP contribution < -0.4 is 0 Å². The van der Waals surface area contributed by atoms with Crippen molar-refractivity contribution in [3.05, 3.63) is 0 Å². The summed E-state index contributed by atoms with van der Waals surface area (Å²) < 4.78 is 0. The third kappa shape index (κ3) is 6.89. The summed E-state index contributed by atoms with van der Waals surface area (Å²) in [5, 5.41) is 0. The van der Waals surface area contributed by atoms with E-state index in [9.17, 15) is 0 Å². The van der Waals surface area contributed by atoms with Crippen molar-refractivity contribution >= 4 is 0 Å². The highest BCUT2D eigenvalue weighted by Crippen LogP contribution is 2.45. The molecule has 0 amide bonds. The second-order valence-electron chi connectivity index (χ2n) is 10.3. The summed E-state index contributed by atoms with van der Waals surface area (Å²) in [7, 11) is 0. The summed E-state index contributed by atoms with van der Waals surface area (Å²) in [6.45, 7) is 26.7. The van der Waals surface area contributed by atoms with E-state index in [2.05, 4.69) is 81.1 Å². The number of unbranched alkanes of at least 4 members (excludes halogenated alkanes) is 1. The predicted octanol–water partition coefficient (Wildman–Crippen LogP) is 7.93.